The fourth-order valence-electron chi connectivity index (χ4n) is 2.73. The van der Waals surface area contributed by atoms with E-state index in [2.05, 4.69) is 0 Å². The van der Waals surface area contributed by atoms with Crippen LogP contribution in [0.1, 0.15) is 44.0 Å². The average molecular weight is 359 g/mol. The van der Waals surface area contributed by atoms with Crippen LogP contribution in [-0.2, 0) is 20.2 Å². The van der Waals surface area contributed by atoms with Crippen molar-refractivity contribution < 1.29 is 17.9 Å². The number of rotatable bonds is 2. The molecule has 25 heavy (non-hydrogen) atoms. The third-order valence-electron chi connectivity index (χ3n) is 3.73. The molecule has 1 saturated heterocycles. The number of nitrogens with zero attached hydrogens (tertiary/aromatic N) is 1. The molecule has 0 bridgehead atoms. The Hall–Kier alpha value is -2.18. The summed E-state index contributed by atoms with van der Waals surface area (Å²) in [5, 5.41) is 0. The van der Waals surface area contributed by atoms with Crippen LogP contribution in [0.2, 0.25) is 0 Å². The summed E-state index contributed by atoms with van der Waals surface area (Å²) in [5.74, 6) is 0. The highest BCUT2D eigenvalue weighted by Gasteiger charge is 2.47. The second-order valence-corrected chi connectivity index (χ2v) is 7.83. The van der Waals surface area contributed by atoms with E-state index in [9.17, 15) is 9.00 Å². The molecule has 132 valence electrons. The standard InChI is InChI=1S/C19H21NO4S/c1-19(2,3)23-18(21)20-16(14-10-6-4-7-11-14)17(24-25(20)22)15-12-8-5-9-13-15/h4-13,16-17H,1-3H3/t16-,17+,25+/m0/s1. The molecule has 0 radical (unpaired) electrons. The van der Waals surface area contributed by atoms with Crippen LogP contribution in [0.3, 0.4) is 0 Å². The van der Waals surface area contributed by atoms with Crippen molar-refractivity contribution in [3.05, 3.63) is 71.8 Å². The highest BCUT2D eigenvalue weighted by Crippen LogP contribution is 2.44. The summed E-state index contributed by atoms with van der Waals surface area (Å²) >= 11 is -1.93. The molecule has 5 nitrogen and oxygen atoms in total. The van der Waals surface area contributed by atoms with E-state index >= 15 is 0 Å². The molecule has 1 aliphatic heterocycles. The van der Waals surface area contributed by atoms with Crippen molar-refractivity contribution in [2.75, 3.05) is 0 Å². The maximum Gasteiger partial charge on any atom is 0.424 e. The van der Waals surface area contributed by atoms with Crippen LogP contribution in [0.4, 0.5) is 4.79 Å². The third kappa shape index (κ3) is 3.91. The van der Waals surface area contributed by atoms with Crippen LogP contribution in [0, 0.1) is 0 Å². The lowest BCUT2D eigenvalue weighted by Gasteiger charge is -2.27. The van der Waals surface area contributed by atoms with Gasteiger partial charge in [0, 0.05) is 0 Å². The van der Waals surface area contributed by atoms with E-state index in [0.717, 1.165) is 11.1 Å². The van der Waals surface area contributed by atoms with E-state index in [1.54, 1.807) is 20.8 Å². The quantitative estimate of drug-likeness (QED) is 0.801. The van der Waals surface area contributed by atoms with Crippen molar-refractivity contribution in [2.45, 2.75) is 38.5 Å². The summed E-state index contributed by atoms with van der Waals surface area (Å²) in [4.78, 5) is 12.7. The van der Waals surface area contributed by atoms with Gasteiger partial charge in [0.05, 0.1) is 0 Å². The number of amides is 1. The van der Waals surface area contributed by atoms with Crippen molar-refractivity contribution >= 4 is 17.4 Å². The smallest absolute Gasteiger partial charge is 0.424 e. The molecule has 1 fully saturated rings. The van der Waals surface area contributed by atoms with Crippen molar-refractivity contribution in [2.24, 2.45) is 0 Å². The van der Waals surface area contributed by atoms with Gasteiger partial charge in [-0.15, -0.1) is 0 Å². The zero-order valence-corrected chi connectivity index (χ0v) is 15.2. The summed E-state index contributed by atoms with van der Waals surface area (Å²) in [7, 11) is 0. The first-order chi connectivity index (χ1) is 11.9. The van der Waals surface area contributed by atoms with E-state index in [-0.39, 0.29) is 0 Å². The predicted octanol–water partition coefficient (Wildman–Crippen LogP) is 4.32. The number of hydrogen-bond donors (Lipinski definition) is 0. The minimum atomic E-state index is -1.93. The van der Waals surface area contributed by atoms with Crippen molar-refractivity contribution in [3.63, 3.8) is 0 Å². The lowest BCUT2D eigenvalue weighted by Crippen LogP contribution is -2.37. The molecule has 0 aliphatic carbocycles. The second-order valence-electron chi connectivity index (χ2n) is 6.81. The lowest BCUT2D eigenvalue weighted by atomic mass is 9.96. The van der Waals surface area contributed by atoms with Gasteiger partial charge < -0.3 is 4.74 Å². The maximum absolute atomic E-state index is 12.7. The van der Waals surface area contributed by atoms with Crippen molar-refractivity contribution in [1.82, 2.24) is 4.31 Å². The van der Waals surface area contributed by atoms with Crippen LogP contribution >= 0.6 is 0 Å². The lowest BCUT2D eigenvalue weighted by molar-refractivity contribution is 0.0336. The molecule has 2 aromatic carbocycles. The molecule has 0 saturated carbocycles. The van der Waals surface area contributed by atoms with E-state index in [4.69, 9.17) is 8.92 Å². The normalized spacial score (nSPS) is 23.5. The van der Waals surface area contributed by atoms with Crippen LogP contribution in [0.25, 0.3) is 0 Å². The van der Waals surface area contributed by atoms with E-state index in [1.165, 1.54) is 4.31 Å². The number of ether oxygens (including phenoxy) is 1. The molecular weight excluding hydrogens is 338 g/mol. The number of benzene rings is 2. The molecule has 6 heteroatoms. The topological polar surface area (TPSA) is 55.8 Å². The first-order valence-electron chi connectivity index (χ1n) is 8.08. The Morgan fingerprint density at radius 3 is 2.04 bits per heavy atom. The van der Waals surface area contributed by atoms with Gasteiger partial charge in [0.1, 0.15) is 17.7 Å². The molecule has 1 heterocycles. The zero-order valence-electron chi connectivity index (χ0n) is 14.4. The van der Waals surface area contributed by atoms with Crippen molar-refractivity contribution in [1.29, 1.82) is 0 Å². The van der Waals surface area contributed by atoms with E-state index in [0.29, 0.717) is 0 Å². The molecule has 1 aliphatic rings. The van der Waals surface area contributed by atoms with Crippen LogP contribution in [0.5, 0.6) is 0 Å². The molecule has 3 atom stereocenters. The molecular formula is C19H21NO4S. The van der Waals surface area contributed by atoms with Gasteiger partial charge in [0.15, 0.2) is 0 Å². The Kier molecular flexibility index (Phi) is 4.92. The summed E-state index contributed by atoms with van der Waals surface area (Å²) in [6, 6.07) is 18.4. The summed E-state index contributed by atoms with van der Waals surface area (Å²) in [6.07, 6.45) is -1.19. The summed E-state index contributed by atoms with van der Waals surface area (Å²) < 4.78 is 24.9. The summed E-state index contributed by atoms with van der Waals surface area (Å²) in [5.41, 5.74) is 1.01. The SMILES string of the molecule is CC(C)(C)OC(=O)N1[C@@H](c2ccccc2)[C@@H](c2ccccc2)O[S@]1=O. The number of carbonyl (C=O) groups is 1. The Labute approximate surface area is 150 Å². The molecule has 3 rings (SSSR count). The number of hydrogen-bond acceptors (Lipinski definition) is 4. The van der Waals surface area contributed by atoms with Gasteiger partial charge in [-0.1, -0.05) is 60.7 Å². The Bertz CT molecular complexity index is 758. The average Bonchev–Trinajstić information content (AvgIpc) is 2.92. The van der Waals surface area contributed by atoms with Crippen molar-refractivity contribution in [3.8, 4) is 0 Å². The molecule has 2 aromatic rings. The largest absolute Gasteiger partial charge is 0.443 e. The number of carbonyl (C=O) groups excluding carboxylic acids is 1. The van der Waals surface area contributed by atoms with Gasteiger partial charge in [-0.2, -0.15) is 4.31 Å². The first kappa shape index (κ1) is 17.6. The first-order valence-corrected chi connectivity index (χ1v) is 9.11. The monoisotopic (exact) mass is 359 g/mol. The zero-order chi connectivity index (χ0) is 18.0. The fourth-order valence-corrected chi connectivity index (χ4v) is 3.79. The third-order valence-corrected chi connectivity index (χ3v) is 4.80. The van der Waals surface area contributed by atoms with Gasteiger partial charge in [-0.05, 0) is 31.9 Å². The summed E-state index contributed by atoms with van der Waals surface area (Å²) in [6.45, 7) is 5.32. The maximum atomic E-state index is 12.7. The van der Waals surface area contributed by atoms with Crippen LogP contribution in [0.15, 0.2) is 60.7 Å². The van der Waals surface area contributed by atoms with Gasteiger partial charge in [-0.3, -0.25) is 4.18 Å². The molecule has 0 spiro atoms. The van der Waals surface area contributed by atoms with Gasteiger partial charge in [-0.25, -0.2) is 9.00 Å². The molecule has 0 N–H and O–H groups in total. The van der Waals surface area contributed by atoms with E-state index < -0.39 is 35.1 Å². The molecule has 1 amide bonds. The molecule has 0 unspecified atom stereocenters. The van der Waals surface area contributed by atoms with Crippen LogP contribution in [-0.4, -0.2) is 20.2 Å². The van der Waals surface area contributed by atoms with Gasteiger partial charge in [0.2, 0.25) is 0 Å². The Balaban J connectivity index is 2.01. The predicted molar refractivity (Wildman–Crippen MR) is 95.7 cm³/mol. The molecule has 0 aromatic heterocycles. The van der Waals surface area contributed by atoms with Gasteiger partial charge >= 0.3 is 6.09 Å². The Morgan fingerprint density at radius 1 is 1.00 bits per heavy atom. The van der Waals surface area contributed by atoms with E-state index in [1.807, 2.05) is 60.7 Å². The van der Waals surface area contributed by atoms with Gasteiger partial charge in [0.25, 0.3) is 11.3 Å². The second kappa shape index (κ2) is 6.98. The Morgan fingerprint density at radius 2 is 1.52 bits per heavy atom. The minimum absolute atomic E-state index is 0.528. The highest BCUT2D eigenvalue weighted by atomic mass is 32.2. The highest BCUT2D eigenvalue weighted by molar-refractivity contribution is 7.78. The minimum Gasteiger partial charge on any atom is -0.443 e. The fraction of sp³-hybridized carbons (Fsp3) is 0.316. The van der Waals surface area contributed by atoms with Crippen LogP contribution < -0.4 is 0 Å².